The van der Waals surface area contributed by atoms with Gasteiger partial charge >= 0.3 is 12.1 Å². The zero-order valence-electron chi connectivity index (χ0n) is 15.1. The minimum atomic E-state index is -0.434. The van der Waals surface area contributed by atoms with Gasteiger partial charge in [0.25, 0.3) is 0 Å². The van der Waals surface area contributed by atoms with Gasteiger partial charge in [0.2, 0.25) is 0 Å². The Labute approximate surface area is 168 Å². The van der Waals surface area contributed by atoms with Crippen LogP contribution in [0.4, 0.5) is 21.0 Å². The highest BCUT2D eigenvalue weighted by Crippen LogP contribution is 2.21. The molecule has 8 heteroatoms. The van der Waals surface area contributed by atoms with Crippen LogP contribution in [0.15, 0.2) is 42.5 Å². The highest BCUT2D eigenvalue weighted by Gasteiger charge is 2.11. The van der Waals surface area contributed by atoms with Gasteiger partial charge in [-0.05, 0) is 55.3 Å². The van der Waals surface area contributed by atoms with E-state index in [2.05, 4.69) is 10.6 Å². The van der Waals surface area contributed by atoms with Crippen LogP contribution >= 0.6 is 23.2 Å². The molecule has 144 valence electrons. The van der Waals surface area contributed by atoms with Gasteiger partial charge in [-0.1, -0.05) is 29.3 Å². The van der Waals surface area contributed by atoms with E-state index in [1.165, 1.54) is 4.90 Å². The molecule has 0 unspecified atom stereocenters. The third-order valence-corrected chi connectivity index (χ3v) is 4.34. The smallest absolute Gasteiger partial charge is 0.413 e. The molecule has 2 N–H and O–H groups in total. The monoisotopic (exact) mass is 409 g/mol. The number of ether oxygens (including phenoxy) is 1. The van der Waals surface area contributed by atoms with Crippen LogP contribution in [0.1, 0.15) is 12.5 Å². The molecule has 6 nitrogen and oxygen atoms in total. The van der Waals surface area contributed by atoms with Gasteiger partial charge < -0.3 is 15.4 Å². The summed E-state index contributed by atoms with van der Waals surface area (Å²) < 4.78 is 4.94. The molecule has 3 amide bonds. The summed E-state index contributed by atoms with van der Waals surface area (Å²) >= 11 is 12.0. The number of carbonyl (C=O) groups is 2. The maximum absolute atomic E-state index is 12.0. The van der Waals surface area contributed by atoms with E-state index < -0.39 is 6.09 Å². The normalized spacial score (nSPS) is 10.2. The molecule has 0 aliphatic carbocycles. The van der Waals surface area contributed by atoms with E-state index in [4.69, 9.17) is 27.9 Å². The first-order chi connectivity index (χ1) is 12.9. The van der Waals surface area contributed by atoms with Crippen LogP contribution in [0.5, 0.6) is 0 Å². The minimum absolute atomic E-state index is 0.310. The number of hydrogen-bond donors (Lipinski definition) is 2. The molecular formula is C19H21Cl2N3O3. The van der Waals surface area contributed by atoms with Gasteiger partial charge in [0, 0.05) is 35.0 Å². The second-order valence-corrected chi connectivity index (χ2v) is 6.52. The Balaban J connectivity index is 1.82. The SMILES string of the molecule is CCOC(=O)N(C)c1ccc(NC(=O)NCCc2ccc(Cl)cc2Cl)cc1. The lowest BCUT2D eigenvalue weighted by Gasteiger charge is -2.17. The number of anilines is 2. The summed E-state index contributed by atoms with van der Waals surface area (Å²) in [6, 6.07) is 11.8. The summed E-state index contributed by atoms with van der Waals surface area (Å²) in [4.78, 5) is 25.1. The molecule has 0 heterocycles. The van der Waals surface area contributed by atoms with Gasteiger partial charge in [0.15, 0.2) is 0 Å². The van der Waals surface area contributed by atoms with Gasteiger partial charge in [-0.3, -0.25) is 4.90 Å². The van der Waals surface area contributed by atoms with Crippen molar-refractivity contribution in [3.05, 3.63) is 58.1 Å². The Morgan fingerprint density at radius 1 is 1.11 bits per heavy atom. The second-order valence-electron chi connectivity index (χ2n) is 5.67. The largest absolute Gasteiger partial charge is 0.449 e. The molecule has 0 radical (unpaired) electrons. The van der Waals surface area contributed by atoms with Crippen molar-refractivity contribution in [1.82, 2.24) is 5.32 Å². The van der Waals surface area contributed by atoms with Gasteiger partial charge in [-0.2, -0.15) is 0 Å². The van der Waals surface area contributed by atoms with Crippen molar-refractivity contribution in [1.29, 1.82) is 0 Å². The summed E-state index contributed by atoms with van der Waals surface area (Å²) in [6.07, 6.45) is 0.156. The van der Waals surface area contributed by atoms with Crippen molar-refractivity contribution < 1.29 is 14.3 Å². The molecule has 0 fully saturated rings. The Kier molecular flexibility index (Phi) is 7.76. The molecule has 2 aromatic carbocycles. The summed E-state index contributed by atoms with van der Waals surface area (Å²) in [5.74, 6) is 0. The maximum atomic E-state index is 12.0. The Morgan fingerprint density at radius 2 is 1.81 bits per heavy atom. The molecule has 0 aromatic heterocycles. The van der Waals surface area contributed by atoms with Gasteiger partial charge in [-0.15, -0.1) is 0 Å². The lowest BCUT2D eigenvalue weighted by atomic mass is 10.1. The van der Waals surface area contributed by atoms with Crippen molar-refractivity contribution in [3.8, 4) is 0 Å². The van der Waals surface area contributed by atoms with E-state index >= 15 is 0 Å². The number of carbonyl (C=O) groups excluding carboxylic acids is 2. The molecule has 0 atom stereocenters. The molecule has 0 saturated heterocycles. The van der Waals surface area contributed by atoms with Crippen LogP contribution in [0.25, 0.3) is 0 Å². The lowest BCUT2D eigenvalue weighted by Crippen LogP contribution is -2.30. The van der Waals surface area contributed by atoms with E-state index in [1.807, 2.05) is 6.07 Å². The predicted octanol–water partition coefficient (Wildman–Crippen LogP) is 4.95. The second kappa shape index (κ2) is 10.0. The Bertz CT molecular complexity index is 797. The summed E-state index contributed by atoms with van der Waals surface area (Å²) in [5.41, 5.74) is 2.18. The van der Waals surface area contributed by atoms with Gasteiger partial charge in [0.1, 0.15) is 0 Å². The molecule has 2 rings (SSSR count). The molecule has 2 aromatic rings. The molecule has 0 saturated carbocycles. The van der Waals surface area contributed by atoms with Crippen molar-refractivity contribution in [2.24, 2.45) is 0 Å². The summed E-state index contributed by atoms with van der Waals surface area (Å²) in [6.45, 7) is 2.49. The van der Waals surface area contributed by atoms with Crippen molar-refractivity contribution in [2.75, 3.05) is 30.4 Å². The van der Waals surface area contributed by atoms with Crippen LogP contribution in [-0.2, 0) is 11.2 Å². The predicted molar refractivity (Wildman–Crippen MR) is 109 cm³/mol. The average molecular weight is 410 g/mol. The summed E-state index contributed by atoms with van der Waals surface area (Å²) in [5, 5.41) is 6.65. The van der Waals surface area contributed by atoms with Crippen LogP contribution in [0, 0.1) is 0 Å². The number of nitrogens with one attached hydrogen (secondary N) is 2. The quantitative estimate of drug-likeness (QED) is 0.708. The number of hydrogen-bond acceptors (Lipinski definition) is 3. The molecule has 0 aliphatic heterocycles. The lowest BCUT2D eigenvalue weighted by molar-refractivity contribution is 0.161. The molecular weight excluding hydrogens is 389 g/mol. The van der Waals surface area contributed by atoms with Crippen LogP contribution < -0.4 is 15.5 Å². The van der Waals surface area contributed by atoms with E-state index in [1.54, 1.807) is 50.4 Å². The van der Waals surface area contributed by atoms with E-state index in [0.717, 1.165) is 5.56 Å². The van der Waals surface area contributed by atoms with Crippen molar-refractivity contribution >= 4 is 46.7 Å². The van der Waals surface area contributed by atoms with Gasteiger partial charge in [-0.25, -0.2) is 9.59 Å². The van der Waals surface area contributed by atoms with Crippen molar-refractivity contribution in [3.63, 3.8) is 0 Å². The minimum Gasteiger partial charge on any atom is -0.449 e. The molecule has 0 aliphatic rings. The Hall–Kier alpha value is -2.44. The first-order valence-corrected chi connectivity index (χ1v) is 9.15. The number of amides is 3. The fourth-order valence-corrected chi connectivity index (χ4v) is 2.81. The fraction of sp³-hybridized carbons (Fsp3) is 0.263. The third-order valence-electron chi connectivity index (χ3n) is 3.75. The average Bonchev–Trinajstić information content (AvgIpc) is 2.64. The Morgan fingerprint density at radius 3 is 2.44 bits per heavy atom. The topological polar surface area (TPSA) is 70.7 Å². The fourth-order valence-electron chi connectivity index (χ4n) is 2.30. The number of rotatable bonds is 6. The molecule has 0 spiro atoms. The van der Waals surface area contributed by atoms with E-state index in [0.29, 0.717) is 41.0 Å². The van der Waals surface area contributed by atoms with Crippen molar-refractivity contribution in [2.45, 2.75) is 13.3 Å². The molecule has 27 heavy (non-hydrogen) atoms. The number of urea groups is 1. The first kappa shape index (κ1) is 20.9. The highest BCUT2D eigenvalue weighted by molar-refractivity contribution is 6.35. The zero-order chi connectivity index (χ0) is 19.8. The molecule has 0 bridgehead atoms. The number of nitrogens with zero attached hydrogens (tertiary/aromatic N) is 1. The van der Waals surface area contributed by atoms with Crippen LogP contribution in [0.3, 0.4) is 0 Å². The standard InChI is InChI=1S/C19H21Cl2N3O3/c1-3-27-19(26)24(2)16-8-6-15(7-9-16)23-18(25)22-11-10-13-4-5-14(20)12-17(13)21/h4-9,12H,3,10-11H2,1-2H3,(H2,22,23,25). The van der Waals surface area contributed by atoms with E-state index in [-0.39, 0.29) is 6.03 Å². The van der Waals surface area contributed by atoms with Crippen LogP contribution in [-0.4, -0.2) is 32.3 Å². The third kappa shape index (κ3) is 6.34. The van der Waals surface area contributed by atoms with E-state index in [9.17, 15) is 9.59 Å². The van der Waals surface area contributed by atoms with Crippen LogP contribution in [0.2, 0.25) is 10.0 Å². The maximum Gasteiger partial charge on any atom is 0.413 e. The number of halogens is 2. The zero-order valence-corrected chi connectivity index (χ0v) is 16.6. The first-order valence-electron chi connectivity index (χ1n) is 8.40. The number of benzene rings is 2. The van der Waals surface area contributed by atoms with Gasteiger partial charge in [0.05, 0.1) is 6.61 Å². The highest BCUT2D eigenvalue weighted by atomic mass is 35.5. The summed E-state index contributed by atoms with van der Waals surface area (Å²) in [7, 11) is 1.62.